The van der Waals surface area contributed by atoms with Crippen molar-refractivity contribution in [2.75, 3.05) is 0 Å². The van der Waals surface area contributed by atoms with E-state index in [-0.39, 0.29) is 0 Å². The predicted octanol–water partition coefficient (Wildman–Crippen LogP) is -0.494. The van der Waals surface area contributed by atoms with Crippen LogP contribution >= 0.6 is 12.2 Å². The molecule has 52 valence electrons. The van der Waals surface area contributed by atoms with E-state index in [9.17, 15) is 0 Å². The predicted molar refractivity (Wildman–Crippen MR) is 45.2 cm³/mol. The van der Waals surface area contributed by atoms with Crippen molar-refractivity contribution in [2.45, 2.75) is 0 Å². The first-order chi connectivity index (χ1) is 4.79. The fourth-order valence-electron chi connectivity index (χ4n) is 0.485. The molecule has 5 heteroatoms. The molecule has 1 heterocycles. The van der Waals surface area contributed by atoms with Gasteiger partial charge in [-0.25, -0.2) is 4.98 Å². The van der Waals surface area contributed by atoms with Crippen LogP contribution in [0.5, 0.6) is 5.88 Å². The van der Waals surface area contributed by atoms with Gasteiger partial charge in [0.25, 0.3) is 0 Å². The molecule has 0 bridgehead atoms. The number of rotatable bonds is 1. The van der Waals surface area contributed by atoms with Crippen LogP contribution < -0.4 is 4.74 Å². The lowest BCUT2D eigenvalue weighted by molar-refractivity contribution is 0.548. The highest BCUT2D eigenvalue weighted by Gasteiger charge is 1.92. The second kappa shape index (κ2) is 3.38. The first-order valence-corrected chi connectivity index (χ1v) is 4.14. The maximum absolute atomic E-state index is 5.03. The van der Waals surface area contributed by atoms with E-state index in [1.54, 1.807) is 12.4 Å². The van der Waals surface area contributed by atoms with E-state index < -0.39 is 0 Å². The quantitative estimate of drug-likeness (QED) is 0.421. The molecular weight excluding hydrogens is 164 g/mol. The van der Waals surface area contributed by atoms with Crippen molar-refractivity contribution in [1.29, 1.82) is 0 Å². The molecule has 0 atom stereocenters. The zero-order valence-corrected chi connectivity index (χ0v) is 8.26. The Labute approximate surface area is 66.9 Å². The fraction of sp³-hybridized carbons (Fsp3) is 0. The third-order valence-corrected chi connectivity index (χ3v) is 1.08. The highest BCUT2D eigenvalue weighted by molar-refractivity contribution is 7.82. The molecule has 0 aliphatic heterocycles. The molecule has 1 aromatic heterocycles. The SMILES string of the molecule is [SiH3]C(=S)Oc1cnccn1. The number of ether oxygens (including phenoxy) is 1. The van der Waals surface area contributed by atoms with E-state index in [1.807, 2.05) is 0 Å². The van der Waals surface area contributed by atoms with Gasteiger partial charge >= 0.3 is 0 Å². The van der Waals surface area contributed by atoms with E-state index in [0.717, 1.165) is 10.2 Å². The Bertz CT molecular complexity index is 228. The zero-order chi connectivity index (χ0) is 7.40. The van der Waals surface area contributed by atoms with E-state index in [4.69, 9.17) is 17.0 Å². The van der Waals surface area contributed by atoms with Gasteiger partial charge in [-0.3, -0.25) is 4.98 Å². The van der Waals surface area contributed by atoms with Crippen LogP contribution in [-0.4, -0.2) is 24.9 Å². The van der Waals surface area contributed by atoms with Crippen molar-refractivity contribution in [1.82, 2.24) is 9.97 Å². The van der Waals surface area contributed by atoms with Crippen molar-refractivity contribution >= 4 is 27.1 Å². The molecule has 1 aromatic rings. The standard InChI is InChI=1S/C5H6N2OSSi/c9-5(10)8-4-3-6-1-2-7-4/h1-3H,10H3. The van der Waals surface area contributed by atoms with Crippen LogP contribution in [0, 0.1) is 0 Å². The largest absolute Gasteiger partial charge is 0.437 e. The van der Waals surface area contributed by atoms with Crippen molar-refractivity contribution in [3.63, 3.8) is 0 Å². The molecular formula is C5H6N2OSSi. The first kappa shape index (κ1) is 7.30. The summed E-state index contributed by atoms with van der Waals surface area (Å²) in [4.78, 5) is 7.67. The van der Waals surface area contributed by atoms with Crippen LogP contribution in [0.4, 0.5) is 0 Å². The summed E-state index contributed by atoms with van der Waals surface area (Å²) in [6, 6.07) is 0. The summed E-state index contributed by atoms with van der Waals surface area (Å²) in [5.74, 6) is 0.475. The molecule has 0 saturated heterocycles. The number of aromatic nitrogens is 2. The van der Waals surface area contributed by atoms with Crippen molar-refractivity contribution in [3.8, 4) is 5.88 Å². The second-order valence-electron chi connectivity index (χ2n) is 1.64. The average molecular weight is 170 g/mol. The van der Waals surface area contributed by atoms with Crippen LogP contribution in [0.15, 0.2) is 18.6 Å². The third-order valence-electron chi connectivity index (χ3n) is 0.788. The van der Waals surface area contributed by atoms with Gasteiger partial charge in [-0.05, 0) is 0 Å². The molecule has 0 fully saturated rings. The third kappa shape index (κ3) is 2.20. The lowest BCUT2D eigenvalue weighted by Gasteiger charge is -1.98. The minimum atomic E-state index is 0.475. The van der Waals surface area contributed by atoms with E-state index in [1.165, 1.54) is 6.20 Å². The Kier molecular flexibility index (Phi) is 2.47. The van der Waals surface area contributed by atoms with Crippen LogP contribution in [0.25, 0.3) is 0 Å². The molecule has 0 N–H and O–H groups in total. The summed E-state index contributed by atoms with van der Waals surface area (Å²) in [5.41, 5.74) is 0. The summed E-state index contributed by atoms with van der Waals surface area (Å²) in [6.07, 6.45) is 4.68. The number of hydrogen-bond acceptors (Lipinski definition) is 4. The Balaban J connectivity index is 2.67. The van der Waals surface area contributed by atoms with Crippen LogP contribution in [0.2, 0.25) is 0 Å². The Morgan fingerprint density at radius 2 is 2.40 bits per heavy atom. The fourth-order valence-corrected chi connectivity index (χ4v) is 0.780. The number of thiocarbonyl (C=S) groups is 1. The van der Waals surface area contributed by atoms with Gasteiger partial charge in [-0.2, -0.15) is 0 Å². The monoisotopic (exact) mass is 170 g/mol. The highest BCUT2D eigenvalue weighted by Crippen LogP contribution is 1.99. The minimum absolute atomic E-state index is 0.475. The van der Waals surface area contributed by atoms with Gasteiger partial charge in [0.05, 0.1) is 16.4 Å². The topological polar surface area (TPSA) is 35.0 Å². The lowest BCUT2D eigenvalue weighted by Crippen LogP contribution is -2.04. The smallest absolute Gasteiger partial charge is 0.237 e. The minimum Gasteiger partial charge on any atom is -0.437 e. The van der Waals surface area contributed by atoms with Gasteiger partial charge in [0, 0.05) is 12.4 Å². The maximum Gasteiger partial charge on any atom is 0.237 e. The zero-order valence-electron chi connectivity index (χ0n) is 5.44. The maximum atomic E-state index is 5.03. The first-order valence-electron chi connectivity index (χ1n) is 2.73. The summed E-state index contributed by atoms with van der Waals surface area (Å²) >= 11 is 4.75. The van der Waals surface area contributed by atoms with Gasteiger partial charge in [-0.15, -0.1) is 0 Å². The summed E-state index contributed by atoms with van der Waals surface area (Å²) < 4.78 is 5.62. The van der Waals surface area contributed by atoms with Gasteiger partial charge in [-0.1, -0.05) is 12.2 Å². The Morgan fingerprint density at radius 3 is 2.90 bits per heavy atom. The van der Waals surface area contributed by atoms with Crippen LogP contribution in [-0.2, 0) is 0 Å². The van der Waals surface area contributed by atoms with Crippen LogP contribution in [0.1, 0.15) is 0 Å². The molecule has 0 amide bonds. The molecule has 1 rings (SSSR count). The molecule has 0 unspecified atom stereocenters. The van der Waals surface area contributed by atoms with Crippen LogP contribution in [0.3, 0.4) is 0 Å². The average Bonchev–Trinajstić information content (AvgIpc) is 1.88. The molecule has 0 saturated carbocycles. The van der Waals surface area contributed by atoms with E-state index in [2.05, 4.69) is 9.97 Å². The Morgan fingerprint density at radius 1 is 1.60 bits per heavy atom. The number of hydrogen-bond donors (Lipinski definition) is 0. The van der Waals surface area contributed by atoms with Gasteiger partial charge in [0.15, 0.2) is 0 Å². The van der Waals surface area contributed by atoms with E-state index in [0.29, 0.717) is 10.6 Å². The summed E-state index contributed by atoms with van der Waals surface area (Å²) in [6.45, 7) is 0. The van der Waals surface area contributed by atoms with Gasteiger partial charge in [0.1, 0.15) is 4.67 Å². The molecule has 10 heavy (non-hydrogen) atoms. The molecule has 0 aliphatic carbocycles. The molecule has 0 spiro atoms. The summed E-state index contributed by atoms with van der Waals surface area (Å²) in [7, 11) is 0.745. The molecule has 0 aromatic carbocycles. The van der Waals surface area contributed by atoms with Gasteiger partial charge < -0.3 is 4.74 Å². The molecule has 3 nitrogen and oxygen atoms in total. The summed E-state index contributed by atoms with van der Waals surface area (Å²) in [5, 5.41) is 0. The second-order valence-corrected chi connectivity index (χ2v) is 3.85. The normalized spacial score (nSPS) is 9.20. The molecule has 0 radical (unpaired) electrons. The Hall–Kier alpha value is -0.813. The van der Waals surface area contributed by atoms with Crippen molar-refractivity contribution in [3.05, 3.63) is 18.6 Å². The number of nitrogens with zero attached hydrogens (tertiary/aromatic N) is 2. The van der Waals surface area contributed by atoms with E-state index >= 15 is 0 Å². The molecule has 0 aliphatic rings. The van der Waals surface area contributed by atoms with Gasteiger partial charge in [0.2, 0.25) is 5.88 Å². The van der Waals surface area contributed by atoms with Crippen molar-refractivity contribution in [2.24, 2.45) is 0 Å². The van der Waals surface area contributed by atoms with Crippen molar-refractivity contribution < 1.29 is 4.74 Å². The highest BCUT2D eigenvalue weighted by atomic mass is 32.1. The lowest BCUT2D eigenvalue weighted by atomic mass is 10.7.